The second kappa shape index (κ2) is 9.85. The zero-order valence-electron chi connectivity index (χ0n) is 16.6. The highest BCUT2D eigenvalue weighted by atomic mass is 32.2. The molecule has 12 heteroatoms. The maximum absolute atomic E-state index is 12.6. The number of nitro groups is 1. The Morgan fingerprint density at radius 3 is 2.72 bits per heavy atom. The molecule has 0 fully saturated rings. The van der Waals surface area contributed by atoms with Gasteiger partial charge in [-0.1, -0.05) is 53.4 Å². The second-order valence-corrected chi connectivity index (χ2v) is 9.88. The molecular weight excluding hydrogens is 468 g/mol. The minimum Gasteiger partial charge on any atom is -0.330 e. The van der Waals surface area contributed by atoms with E-state index >= 15 is 0 Å². The molecule has 32 heavy (non-hydrogen) atoms. The fraction of sp³-hybridized carbons (Fsp3) is 0.100. The molecule has 0 unspecified atom stereocenters. The van der Waals surface area contributed by atoms with E-state index in [1.54, 1.807) is 24.4 Å². The number of nitrogens with zero attached hydrogens (tertiary/aromatic N) is 4. The summed E-state index contributed by atoms with van der Waals surface area (Å²) < 4.78 is 0.669. The van der Waals surface area contributed by atoms with E-state index < -0.39 is 10.2 Å². The zero-order valence-corrected chi connectivity index (χ0v) is 19.0. The number of thioether (sulfide) groups is 1. The second-order valence-electron chi connectivity index (χ2n) is 6.46. The van der Waals surface area contributed by atoms with Crippen LogP contribution >= 0.6 is 34.4 Å². The third kappa shape index (κ3) is 5.46. The Morgan fingerprint density at radius 1 is 1.12 bits per heavy atom. The van der Waals surface area contributed by atoms with Gasteiger partial charge in [0.2, 0.25) is 11.0 Å². The van der Waals surface area contributed by atoms with Crippen LogP contribution in [0.4, 0.5) is 21.6 Å². The van der Waals surface area contributed by atoms with Crippen LogP contribution in [0.15, 0.2) is 64.3 Å². The number of para-hydroxylation sites is 1. The Morgan fingerprint density at radius 2 is 1.94 bits per heavy atom. The van der Waals surface area contributed by atoms with Gasteiger partial charge in [-0.3, -0.25) is 14.9 Å². The topological polar surface area (TPSA) is 123 Å². The van der Waals surface area contributed by atoms with Crippen molar-refractivity contribution in [3.05, 3.63) is 70.1 Å². The molecule has 0 aliphatic heterocycles. The molecule has 0 radical (unpaired) electrons. The van der Waals surface area contributed by atoms with Gasteiger partial charge >= 0.3 is 0 Å². The summed E-state index contributed by atoms with van der Waals surface area (Å²) in [6, 6.07) is 15.9. The lowest BCUT2D eigenvalue weighted by Gasteiger charge is -2.07. The van der Waals surface area contributed by atoms with Crippen molar-refractivity contribution in [1.29, 1.82) is 0 Å². The fourth-order valence-corrected chi connectivity index (χ4v) is 5.25. The van der Waals surface area contributed by atoms with Crippen molar-refractivity contribution in [1.82, 2.24) is 15.2 Å². The minimum absolute atomic E-state index is 0.00992. The first-order valence-corrected chi connectivity index (χ1v) is 11.9. The molecule has 0 saturated carbocycles. The standard InChI is InChI=1S/C20H16N6O3S3/c1-12(31-20-25-24-19(32-20)21-14-7-3-2-4-8-14)17(27)23-18-22-16(11-30-18)13-6-5-9-15(10-13)26(28)29/h2-12H,1H3,(H,21,24)(H,22,23,27)/t12-/m1/s1. The van der Waals surface area contributed by atoms with Gasteiger partial charge in [0.15, 0.2) is 9.47 Å². The van der Waals surface area contributed by atoms with Crippen molar-refractivity contribution < 1.29 is 9.72 Å². The maximum atomic E-state index is 12.6. The first kappa shape index (κ1) is 21.9. The fourth-order valence-electron chi connectivity index (χ4n) is 2.61. The molecule has 2 N–H and O–H groups in total. The third-order valence-corrected chi connectivity index (χ3v) is 6.95. The van der Waals surface area contributed by atoms with Crippen LogP contribution in [0, 0.1) is 10.1 Å². The summed E-state index contributed by atoms with van der Waals surface area (Å²) in [5, 5.41) is 27.6. The summed E-state index contributed by atoms with van der Waals surface area (Å²) in [6.07, 6.45) is 0. The lowest BCUT2D eigenvalue weighted by Crippen LogP contribution is -2.22. The van der Waals surface area contributed by atoms with Crippen LogP contribution in [-0.4, -0.2) is 31.3 Å². The molecule has 0 aliphatic carbocycles. The van der Waals surface area contributed by atoms with Gasteiger partial charge in [0, 0.05) is 28.8 Å². The van der Waals surface area contributed by atoms with E-state index in [1.807, 2.05) is 30.3 Å². The Balaban J connectivity index is 1.35. The van der Waals surface area contributed by atoms with E-state index in [-0.39, 0.29) is 11.6 Å². The van der Waals surface area contributed by atoms with E-state index in [9.17, 15) is 14.9 Å². The Kier molecular flexibility index (Phi) is 6.73. The molecule has 162 valence electrons. The highest BCUT2D eigenvalue weighted by molar-refractivity contribution is 8.02. The van der Waals surface area contributed by atoms with E-state index in [0.717, 1.165) is 5.69 Å². The average Bonchev–Trinajstić information content (AvgIpc) is 3.44. The van der Waals surface area contributed by atoms with Gasteiger partial charge in [-0.15, -0.1) is 21.5 Å². The maximum Gasteiger partial charge on any atom is 0.270 e. The smallest absolute Gasteiger partial charge is 0.270 e. The van der Waals surface area contributed by atoms with Crippen molar-refractivity contribution in [3.63, 3.8) is 0 Å². The van der Waals surface area contributed by atoms with Crippen molar-refractivity contribution in [3.8, 4) is 11.3 Å². The summed E-state index contributed by atoms with van der Waals surface area (Å²) in [7, 11) is 0. The molecule has 0 saturated heterocycles. The van der Waals surface area contributed by atoms with Gasteiger partial charge in [-0.2, -0.15) is 0 Å². The van der Waals surface area contributed by atoms with E-state index in [2.05, 4.69) is 25.8 Å². The predicted octanol–water partition coefficient (Wildman–Crippen LogP) is 5.43. The highest BCUT2D eigenvalue weighted by Gasteiger charge is 2.19. The van der Waals surface area contributed by atoms with Crippen LogP contribution in [0.25, 0.3) is 11.3 Å². The lowest BCUT2D eigenvalue weighted by molar-refractivity contribution is -0.384. The number of carbonyl (C=O) groups is 1. The Bertz CT molecular complexity index is 1240. The number of nitro benzene ring substituents is 1. The van der Waals surface area contributed by atoms with Gasteiger partial charge in [-0.25, -0.2) is 4.98 Å². The number of rotatable bonds is 8. The number of thiazole rings is 1. The number of aromatic nitrogens is 3. The van der Waals surface area contributed by atoms with Gasteiger partial charge in [0.1, 0.15) is 0 Å². The lowest BCUT2D eigenvalue weighted by atomic mass is 10.1. The molecule has 0 spiro atoms. The molecule has 4 rings (SSSR count). The summed E-state index contributed by atoms with van der Waals surface area (Å²) in [5.41, 5.74) is 2.08. The molecule has 9 nitrogen and oxygen atoms in total. The van der Waals surface area contributed by atoms with Crippen molar-refractivity contribution in [2.75, 3.05) is 10.6 Å². The van der Waals surface area contributed by atoms with Crippen LogP contribution in [0.1, 0.15) is 6.92 Å². The number of anilines is 3. The van der Waals surface area contributed by atoms with Crippen LogP contribution in [0.5, 0.6) is 0 Å². The molecule has 0 aliphatic rings. The first-order valence-electron chi connectivity index (χ1n) is 9.31. The quantitative estimate of drug-likeness (QED) is 0.193. The molecule has 2 aromatic carbocycles. The monoisotopic (exact) mass is 484 g/mol. The summed E-state index contributed by atoms with van der Waals surface area (Å²) >= 11 is 3.93. The number of amides is 1. The summed E-state index contributed by atoms with van der Waals surface area (Å²) in [4.78, 5) is 27.5. The molecule has 1 atom stereocenters. The number of carbonyl (C=O) groups excluding carboxylic acids is 1. The van der Waals surface area contributed by atoms with Gasteiger partial charge < -0.3 is 10.6 Å². The number of hydrogen-bond donors (Lipinski definition) is 2. The van der Waals surface area contributed by atoms with Crippen molar-refractivity contribution >= 4 is 62.0 Å². The molecule has 1 amide bonds. The molecule has 0 bridgehead atoms. The van der Waals surface area contributed by atoms with E-state index in [4.69, 9.17) is 0 Å². The highest BCUT2D eigenvalue weighted by Crippen LogP contribution is 2.32. The van der Waals surface area contributed by atoms with E-state index in [0.29, 0.717) is 25.9 Å². The summed E-state index contributed by atoms with van der Waals surface area (Å²) in [6.45, 7) is 1.78. The van der Waals surface area contributed by atoms with E-state index in [1.165, 1.54) is 46.6 Å². The number of benzene rings is 2. The zero-order chi connectivity index (χ0) is 22.5. The molecular formula is C20H16N6O3S3. The Hall–Kier alpha value is -3.35. The third-order valence-electron chi connectivity index (χ3n) is 4.17. The van der Waals surface area contributed by atoms with Gasteiger partial charge in [0.25, 0.3) is 5.69 Å². The van der Waals surface area contributed by atoms with Crippen LogP contribution in [0.3, 0.4) is 0 Å². The van der Waals surface area contributed by atoms with Crippen molar-refractivity contribution in [2.24, 2.45) is 0 Å². The number of hydrogen-bond acceptors (Lipinski definition) is 10. The number of nitrogens with one attached hydrogen (secondary N) is 2. The molecule has 2 aromatic heterocycles. The molecule has 2 heterocycles. The Labute approximate surface area is 195 Å². The summed E-state index contributed by atoms with van der Waals surface area (Å²) in [5.74, 6) is -0.220. The van der Waals surface area contributed by atoms with Crippen LogP contribution in [-0.2, 0) is 4.79 Å². The van der Waals surface area contributed by atoms with Gasteiger partial charge in [0.05, 0.1) is 15.9 Å². The molecule has 4 aromatic rings. The van der Waals surface area contributed by atoms with Crippen molar-refractivity contribution in [2.45, 2.75) is 16.5 Å². The van der Waals surface area contributed by atoms with Crippen LogP contribution < -0.4 is 10.6 Å². The first-order chi connectivity index (χ1) is 15.5. The van der Waals surface area contributed by atoms with Gasteiger partial charge in [-0.05, 0) is 19.1 Å². The minimum atomic E-state index is -0.453. The predicted molar refractivity (Wildman–Crippen MR) is 128 cm³/mol. The largest absolute Gasteiger partial charge is 0.330 e. The number of non-ortho nitro benzene ring substituents is 1. The normalized spacial score (nSPS) is 11.7. The van der Waals surface area contributed by atoms with Crippen LogP contribution in [0.2, 0.25) is 0 Å². The SMILES string of the molecule is C[C@@H](Sc1nnc(Nc2ccccc2)s1)C(=O)Nc1nc(-c2cccc([N+](=O)[O-])c2)cs1. The average molecular weight is 485 g/mol.